The summed E-state index contributed by atoms with van der Waals surface area (Å²) in [4.78, 5) is 0. The summed E-state index contributed by atoms with van der Waals surface area (Å²) in [5.41, 5.74) is 3.02. The third-order valence-electron chi connectivity index (χ3n) is 3.06. The number of hydrogen-bond acceptors (Lipinski definition) is 2. The second-order valence-electron chi connectivity index (χ2n) is 4.42. The average Bonchev–Trinajstić information content (AvgIpc) is 3.01. The third kappa shape index (κ3) is 2.86. The molecular weight excluding hydrogens is 232 g/mol. The molecule has 0 bridgehead atoms. The van der Waals surface area contributed by atoms with E-state index in [1.165, 1.54) is 5.56 Å². The predicted octanol–water partition coefficient (Wildman–Crippen LogP) is 5.31. The van der Waals surface area contributed by atoms with Gasteiger partial charge in [0.25, 0.3) is 0 Å². The zero-order valence-electron chi connectivity index (χ0n) is 10.5. The summed E-state index contributed by atoms with van der Waals surface area (Å²) in [6, 6.07) is 18.0. The van der Waals surface area contributed by atoms with E-state index in [1.807, 2.05) is 42.5 Å². The SMILES string of the molecule is C1=CC(c2ccc(N=Nc3ccccc3)cc2)C=C1. The topological polar surface area (TPSA) is 24.7 Å². The Balaban J connectivity index is 1.74. The minimum absolute atomic E-state index is 0.403. The summed E-state index contributed by atoms with van der Waals surface area (Å²) in [6.45, 7) is 0. The van der Waals surface area contributed by atoms with E-state index in [2.05, 4.69) is 46.7 Å². The second-order valence-corrected chi connectivity index (χ2v) is 4.42. The van der Waals surface area contributed by atoms with Gasteiger partial charge in [0.15, 0.2) is 0 Å². The van der Waals surface area contributed by atoms with Gasteiger partial charge in [-0.15, -0.1) is 0 Å². The first-order valence-corrected chi connectivity index (χ1v) is 6.33. The summed E-state index contributed by atoms with van der Waals surface area (Å²) in [5, 5.41) is 8.43. The molecule has 2 aromatic carbocycles. The highest BCUT2D eigenvalue weighted by Crippen LogP contribution is 2.25. The molecule has 0 saturated heterocycles. The lowest BCUT2D eigenvalue weighted by Gasteiger charge is -2.05. The molecule has 0 unspecified atom stereocenters. The quantitative estimate of drug-likeness (QED) is 0.655. The Hall–Kier alpha value is -2.48. The lowest BCUT2D eigenvalue weighted by Crippen LogP contribution is -1.86. The monoisotopic (exact) mass is 246 g/mol. The number of rotatable bonds is 3. The lowest BCUT2D eigenvalue weighted by molar-refractivity contribution is 1.10. The second kappa shape index (κ2) is 5.44. The van der Waals surface area contributed by atoms with Gasteiger partial charge < -0.3 is 0 Å². The van der Waals surface area contributed by atoms with E-state index in [0.717, 1.165) is 11.4 Å². The van der Waals surface area contributed by atoms with Crippen LogP contribution in [-0.4, -0.2) is 0 Å². The molecule has 3 rings (SSSR count). The summed E-state index contributed by atoms with van der Waals surface area (Å²) in [7, 11) is 0. The van der Waals surface area contributed by atoms with Crippen LogP contribution in [0.4, 0.5) is 11.4 Å². The smallest absolute Gasteiger partial charge is 0.0857 e. The standard InChI is InChI=1S/C17H14N2/c1-2-8-16(9-3-1)18-19-17-12-10-15(11-13-17)14-6-4-5-7-14/h1-14H. The highest BCUT2D eigenvalue weighted by atomic mass is 15.1. The van der Waals surface area contributed by atoms with E-state index in [-0.39, 0.29) is 0 Å². The molecule has 2 aromatic rings. The van der Waals surface area contributed by atoms with Gasteiger partial charge in [-0.25, -0.2) is 0 Å². The Labute approximate surface area is 112 Å². The molecule has 0 amide bonds. The molecule has 0 aromatic heterocycles. The average molecular weight is 246 g/mol. The maximum Gasteiger partial charge on any atom is 0.0857 e. The summed E-state index contributed by atoms with van der Waals surface area (Å²) in [6.07, 6.45) is 8.52. The van der Waals surface area contributed by atoms with E-state index >= 15 is 0 Å². The van der Waals surface area contributed by atoms with Gasteiger partial charge >= 0.3 is 0 Å². The van der Waals surface area contributed by atoms with E-state index in [4.69, 9.17) is 0 Å². The minimum atomic E-state index is 0.403. The maximum absolute atomic E-state index is 4.23. The fraction of sp³-hybridized carbons (Fsp3) is 0.0588. The van der Waals surface area contributed by atoms with Crippen molar-refractivity contribution in [2.45, 2.75) is 5.92 Å². The Kier molecular flexibility index (Phi) is 3.32. The number of nitrogens with zero attached hydrogens (tertiary/aromatic N) is 2. The van der Waals surface area contributed by atoms with Crippen LogP contribution in [-0.2, 0) is 0 Å². The Morgan fingerprint density at radius 2 is 1.21 bits per heavy atom. The number of hydrogen-bond donors (Lipinski definition) is 0. The molecular formula is C17H14N2. The van der Waals surface area contributed by atoms with Crippen molar-refractivity contribution >= 4 is 11.4 Å². The van der Waals surface area contributed by atoms with E-state index in [1.54, 1.807) is 0 Å². The first-order valence-electron chi connectivity index (χ1n) is 6.33. The normalized spacial score (nSPS) is 14.5. The van der Waals surface area contributed by atoms with Crippen LogP contribution < -0.4 is 0 Å². The first kappa shape index (κ1) is 11.6. The van der Waals surface area contributed by atoms with Gasteiger partial charge in [-0.3, -0.25) is 0 Å². The summed E-state index contributed by atoms with van der Waals surface area (Å²) >= 11 is 0. The van der Waals surface area contributed by atoms with Gasteiger partial charge in [0.1, 0.15) is 0 Å². The van der Waals surface area contributed by atoms with Crippen LogP contribution in [0.5, 0.6) is 0 Å². The molecule has 0 heterocycles. The number of allylic oxidation sites excluding steroid dienone is 4. The molecule has 0 aliphatic heterocycles. The molecule has 0 fully saturated rings. The number of benzene rings is 2. The first-order chi connectivity index (χ1) is 9.42. The molecule has 2 heteroatoms. The van der Waals surface area contributed by atoms with Crippen molar-refractivity contribution in [1.29, 1.82) is 0 Å². The Bertz CT molecular complexity index is 610. The molecule has 0 radical (unpaired) electrons. The van der Waals surface area contributed by atoms with Crippen LogP contribution >= 0.6 is 0 Å². The largest absolute Gasteiger partial charge is 0.151 e. The maximum atomic E-state index is 4.23. The van der Waals surface area contributed by atoms with Gasteiger partial charge in [-0.1, -0.05) is 54.6 Å². The van der Waals surface area contributed by atoms with Gasteiger partial charge in [0.05, 0.1) is 11.4 Å². The molecule has 1 aliphatic carbocycles. The van der Waals surface area contributed by atoms with Gasteiger partial charge in [0.2, 0.25) is 0 Å². The predicted molar refractivity (Wildman–Crippen MR) is 78.1 cm³/mol. The van der Waals surface area contributed by atoms with Crippen LogP contribution in [0, 0.1) is 0 Å². The van der Waals surface area contributed by atoms with Crippen LogP contribution in [0.2, 0.25) is 0 Å². The summed E-state index contributed by atoms with van der Waals surface area (Å²) < 4.78 is 0. The Morgan fingerprint density at radius 1 is 0.632 bits per heavy atom. The van der Waals surface area contributed by atoms with Gasteiger partial charge in [-0.05, 0) is 29.8 Å². The highest BCUT2D eigenvalue weighted by Gasteiger charge is 2.06. The zero-order valence-corrected chi connectivity index (χ0v) is 10.5. The van der Waals surface area contributed by atoms with Crippen molar-refractivity contribution < 1.29 is 0 Å². The molecule has 0 N–H and O–H groups in total. The molecule has 2 nitrogen and oxygen atoms in total. The highest BCUT2D eigenvalue weighted by molar-refractivity contribution is 5.44. The molecule has 0 spiro atoms. The zero-order chi connectivity index (χ0) is 12.9. The van der Waals surface area contributed by atoms with Crippen LogP contribution in [0.25, 0.3) is 0 Å². The molecule has 0 atom stereocenters. The van der Waals surface area contributed by atoms with Crippen molar-refractivity contribution in [1.82, 2.24) is 0 Å². The minimum Gasteiger partial charge on any atom is -0.151 e. The van der Waals surface area contributed by atoms with Gasteiger partial charge in [-0.2, -0.15) is 10.2 Å². The Morgan fingerprint density at radius 3 is 1.84 bits per heavy atom. The van der Waals surface area contributed by atoms with Crippen molar-refractivity contribution in [3.8, 4) is 0 Å². The third-order valence-corrected chi connectivity index (χ3v) is 3.06. The van der Waals surface area contributed by atoms with Crippen LogP contribution in [0.1, 0.15) is 11.5 Å². The van der Waals surface area contributed by atoms with Crippen molar-refractivity contribution in [3.63, 3.8) is 0 Å². The van der Waals surface area contributed by atoms with Crippen molar-refractivity contribution in [2.75, 3.05) is 0 Å². The van der Waals surface area contributed by atoms with E-state index < -0.39 is 0 Å². The van der Waals surface area contributed by atoms with Crippen molar-refractivity contribution in [2.24, 2.45) is 10.2 Å². The van der Waals surface area contributed by atoms with Crippen LogP contribution in [0.15, 0.2) is 89.1 Å². The van der Waals surface area contributed by atoms with E-state index in [0.29, 0.717) is 5.92 Å². The fourth-order valence-corrected chi connectivity index (χ4v) is 2.03. The fourth-order valence-electron chi connectivity index (χ4n) is 2.03. The van der Waals surface area contributed by atoms with Crippen molar-refractivity contribution in [3.05, 3.63) is 84.5 Å². The molecule has 92 valence electrons. The molecule has 19 heavy (non-hydrogen) atoms. The molecule has 0 saturated carbocycles. The molecule has 1 aliphatic rings. The number of azo groups is 1. The van der Waals surface area contributed by atoms with Crippen LogP contribution in [0.3, 0.4) is 0 Å². The van der Waals surface area contributed by atoms with E-state index in [9.17, 15) is 0 Å². The lowest BCUT2D eigenvalue weighted by atomic mass is 10.0. The summed E-state index contributed by atoms with van der Waals surface area (Å²) in [5.74, 6) is 0.403. The van der Waals surface area contributed by atoms with Gasteiger partial charge in [0, 0.05) is 5.92 Å².